The maximum absolute atomic E-state index is 10.5. The number of nitrogens with zero attached hydrogens (tertiary/aromatic N) is 2. The van der Waals surface area contributed by atoms with E-state index in [9.17, 15) is 9.59 Å². The summed E-state index contributed by atoms with van der Waals surface area (Å²) < 4.78 is 1.54. The van der Waals surface area contributed by atoms with Gasteiger partial charge in [-0.2, -0.15) is 5.10 Å². The summed E-state index contributed by atoms with van der Waals surface area (Å²) >= 11 is 0. The SMILES string of the molecule is O=Cc1cnn(-c2ccc(NC(=O)O)cc2)c1. The number of nitrogens with one attached hydrogen (secondary N) is 1. The van der Waals surface area contributed by atoms with Gasteiger partial charge in [-0.25, -0.2) is 9.48 Å². The molecule has 0 spiro atoms. The van der Waals surface area contributed by atoms with Crippen molar-refractivity contribution < 1.29 is 14.7 Å². The molecule has 0 saturated heterocycles. The molecule has 1 heterocycles. The minimum Gasteiger partial charge on any atom is -0.465 e. The Morgan fingerprint density at radius 2 is 2.06 bits per heavy atom. The Balaban J connectivity index is 2.22. The lowest BCUT2D eigenvalue weighted by Gasteiger charge is -2.03. The highest BCUT2D eigenvalue weighted by molar-refractivity contribution is 5.82. The smallest absolute Gasteiger partial charge is 0.409 e. The lowest BCUT2D eigenvalue weighted by molar-refractivity contribution is 0.112. The fourth-order valence-electron chi connectivity index (χ4n) is 1.36. The second-order valence-corrected chi connectivity index (χ2v) is 3.31. The lowest BCUT2D eigenvalue weighted by Crippen LogP contribution is -2.07. The summed E-state index contributed by atoms with van der Waals surface area (Å²) in [5.41, 5.74) is 1.70. The topological polar surface area (TPSA) is 84.2 Å². The summed E-state index contributed by atoms with van der Waals surface area (Å²) in [6.07, 6.45) is 2.65. The first-order chi connectivity index (χ1) is 8.19. The van der Waals surface area contributed by atoms with E-state index in [-0.39, 0.29) is 0 Å². The minimum atomic E-state index is -1.11. The first kappa shape index (κ1) is 10.9. The Morgan fingerprint density at radius 1 is 1.35 bits per heavy atom. The molecule has 0 aliphatic carbocycles. The van der Waals surface area contributed by atoms with Crippen LogP contribution in [0.15, 0.2) is 36.7 Å². The van der Waals surface area contributed by atoms with Crippen molar-refractivity contribution in [2.75, 3.05) is 5.32 Å². The number of carbonyl (C=O) groups excluding carboxylic acids is 1. The van der Waals surface area contributed by atoms with Crippen molar-refractivity contribution in [1.29, 1.82) is 0 Å². The number of carbonyl (C=O) groups is 2. The summed E-state index contributed by atoms with van der Waals surface area (Å²) in [7, 11) is 0. The minimum absolute atomic E-state index is 0.476. The second kappa shape index (κ2) is 4.48. The summed E-state index contributed by atoms with van der Waals surface area (Å²) in [6.45, 7) is 0. The molecule has 1 aromatic heterocycles. The van der Waals surface area contributed by atoms with Gasteiger partial charge >= 0.3 is 6.09 Å². The molecule has 0 aliphatic rings. The van der Waals surface area contributed by atoms with Crippen LogP contribution in [0.2, 0.25) is 0 Å². The van der Waals surface area contributed by atoms with Crippen molar-refractivity contribution in [3.8, 4) is 5.69 Å². The first-order valence-corrected chi connectivity index (χ1v) is 4.79. The highest BCUT2D eigenvalue weighted by atomic mass is 16.4. The van der Waals surface area contributed by atoms with Gasteiger partial charge in [0.15, 0.2) is 6.29 Å². The van der Waals surface area contributed by atoms with Crippen LogP contribution < -0.4 is 5.32 Å². The molecule has 0 unspecified atom stereocenters. The molecule has 1 aromatic carbocycles. The van der Waals surface area contributed by atoms with E-state index in [1.165, 1.54) is 10.9 Å². The van der Waals surface area contributed by atoms with Gasteiger partial charge in [-0.05, 0) is 24.3 Å². The van der Waals surface area contributed by atoms with E-state index in [2.05, 4.69) is 10.4 Å². The molecular formula is C11H9N3O3. The van der Waals surface area contributed by atoms with Crippen LogP contribution in [0.3, 0.4) is 0 Å². The number of carboxylic acid groups (broad SMARTS) is 1. The van der Waals surface area contributed by atoms with Crippen LogP contribution in [0.25, 0.3) is 5.69 Å². The van der Waals surface area contributed by atoms with Crippen LogP contribution in [-0.2, 0) is 0 Å². The average Bonchev–Trinajstić information content (AvgIpc) is 2.78. The molecule has 6 heteroatoms. The fraction of sp³-hybridized carbons (Fsp3) is 0. The summed E-state index contributed by atoms with van der Waals surface area (Å²) in [5, 5.41) is 14.7. The van der Waals surface area contributed by atoms with Gasteiger partial charge < -0.3 is 5.11 Å². The zero-order valence-electron chi connectivity index (χ0n) is 8.70. The molecule has 2 aromatic rings. The third-order valence-electron chi connectivity index (χ3n) is 2.12. The first-order valence-electron chi connectivity index (χ1n) is 4.79. The number of aromatic nitrogens is 2. The van der Waals surface area contributed by atoms with Gasteiger partial charge in [-0.15, -0.1) is 0 Å². The monoisotopic (exact) mass is 231 g/mol. The standard InChI is InChI=1S/C11H9N3O3/c15-7-8-5-12-14(6-8)10-3-1-9(2-4-10)13-11(16)17/h1-7,13H,(H,16,17). The van der Waals surface area contributed by atoms with Gasteiger partial charge in [-0.3, -0.25) is 10.1 Å². The van der Waals surface area contributed by atoms with Crippen LogP contribution >= 0.6 is 0 Å². The normalized spacial score (nSPS) is 9.88. The predicted molar refractivity (Wildman–Crippen MR) is 60.6 cm³/mol. The van der Waals surface area contributed by atoms with E-state index in [4.69, 9.17) is 5.11 Å². The maximum atomic E-state index is 10.5. The molecule has 0 aliphatic heterocycles. The van der Waals surface area contributed by atoms with Crippen LogP contribution in [-0.4, -0.2) is 27.3 Å². The highest BCUT2D eigenvalue weighted by Gasteiger charge is 2.01. The molecule has 2 rings (SSSR count). The molecule has 0 fully saturated rings. The van der Waals surface area contributed by atoms with Gasteiger partial charge in [0.1, 0.15) is 0 Å². The number of amides is 1. The van der Waals surface area contributed by atoms with Crippen molar-refractivity contribution in [2.24, 2.45) is 0 Å². The Bertz CT molecular complexity index is 545. The van der Waals surface area contributed by atoms with Crippen LogP contribution in [0.4, 0.5) is 10.5 Å². The van der Waals surface area contributed by atoms with Gasteiger partial charge in [-0.1, -0.05) is 0 Å². The van der Waals surface area contributed by atoms with Gasteiger partial charge in [0.2, 0.25) is 0 Å². The van der Waals surface area contributed by atoms with E-state index in [1.807, 2.05) is 0 Å². The van der Waals surface area contributed by atoms with Crippen LogP contribution in [0.1, 0.15) is 10.4 Å². The summed E-state index contributed by atoms with van der Waals surface area (Å²) in [5.74, 6) is 0. The predicted octanol–water partition coefficient (Wildman–Crippen LogP) is 1.77. The van der Waals surface area contributed by atoms with Crippen molar-refractivity contribution in [3.05, 3.63) is 42.2 Å². The molecule has 0 bridgehead atoms. The molecule has 6 nitrogen and oxygen atoms in total. The molecule has 86 valence electrons. The largest absolute Gasteiger partial charge is 0.465 e. The number of hydrogen-bond donors (Lipinski definition) is 2. The molecule has 0 atom stereocenters. The number of benzene rings is 1. The van der Waals surface area contributed by atoms with E-state index in [0.29, 0.717) is 17.5 Å². The van der Waals surface area contributed by atoms with Crippen LogP contribution in [0.5, 0.6) is 0 Å². The van der Waals surface area contributed by atoms with Gasteiger partial charge in [0.05, 0.1) is 17.4 Å². The Labute approximate surface area is 96.5 Å². The third kappa shape index (κ3) is 2.49. The zero-order chi connectivity index (χ0) is 12.3. The van der Waals surface area contributed by atoms with Crippen molar-refractivity contribution in [3.63, 3.8) is 0 Å². The van der Waals surface area contributed by atoms with E-state index < -0.39 is 6.09 Å². The van der Waals surface area contributed by atoms with Crippen molar-refractivity contribution in [2.45, 2.75) is 0 Å². The molecule has 0 radical (unpaired) electrons. The van der Waals surface area contributed by atoms with E-state index in [0.717, 1.165) is 5.69 Å². The molecular weight excluding hydrogens is 222 g/mol. The van der Waals surface area contributed by atoms with Crippen LogP contribution in [0, 0.1) is 0 Å². The third-order valence-corrected chi connectivity index (χ3v) is 2.12. The number of aldehydes is 1. The van der Waals surface area contributed by atoms with Crippen molar-refractivity contribution >= 4 is 18.1 Å². The summed E-state index contributed by atoms with van der Waals surface area (Å²) in [6, 6.07) is 6.64. The average molecular weight is 231 g/mol. The highest BCUT2D eigenvalue weighted by Crippen LogP contribution is 2.13. The quantitative estimate of drug-likeness (QED) is 0.788. The number of anilines is 1. The number of hydrogen-bond acceptors (Lipinski definition) is 3. The Morgan fingerprint density at radius 3 is 2.59 bits per heavy atom. The lowest BCUT2D eigenvalue weighted by atomic mass is 10.3. The Kier molecular flexibility index (Phi) is 2.87. The van der Waals surface area contributed by atoms with Gasteiger partial charge in [0.25, 0.3) is 0 Å². The Hall–Kier alpha value is -2.63. The molecule has 1 amide bonds. The number of rotatable bonds is 3. The van der Waals surface area contributed by atoms with E-state index in [1.54, 1.807) is 30.5 Å². The maximum Gasteiger partial charge on any atom is 0.409 e. The second-order valence-electron chi connectivity index (χ2n) is 3.31. The summed E-state index contributed by atoms with van der Waals surface area (Å²) in [4.78, 5) is 20.9. The molecule has 2 N–H and O–H groups in total. The zero-order valence-corrected chi connectivity index (χ0v) is 8.70. The van der Waals surface area contributed by atoms with E-state index >= 15 is 0 Å². The van der Waals surface area contributed by atoms with Crippen molar-refractivity contribution in [1.82, 2.24) is 9.78 Å². The molecule has 0 saturated carbocycles. The van der Waals surface area contributed by atoms with Gasteiger partial charge in [0, 0.05) is 11.9 Å². The molecule has 17 heavy (non-hydrogen) atoms. The fourth-order valence-corrected chi connectivity index (χ4v) is 1.36.